The first kappa shape index (κ1) is 18.9. The van der Waals surface area contributed by atoms with Crippen molar-refractivity contribution in [3.05, 3.63) is 29.3 Å². The third-order valence-electron chi connectivity index (χ3n) is 5.68. The van der Waals surface area contributed by atoms with Crippen LogP contribution in [-0.2, 0) is 22.4 Å². The van der Waals surface area contributed by atoms with E-state index in [0.29, 0.717) is 0 Å². The van der Waals surface area contributed by atoms with E-state index >= 15 is 0 Å². The van der Waals surface area contributed by atoms with Crippen LogP contribution in [0.5, 0.6) is 0 Å². The zero-order valence-electron chi connectivity index (χ0n) is 15.9. The molecule has 0 saturated carbocycles. The van der Waals surface area contributed by atoms with Gasteiger partial charge in [0.1, 0.15) is 0 Å². The summed E-state index contributed by atoms with van der Waals surface area (Å²) in [4.78, 5) is 27.8. The molecule has 3 rings (SSSR count). The van der Waals surface area contributed by atoms with Gasteiger partial charge in [0, 0.05) is 24.7 Å². The summed E-state index contributed by atoms with van der Waals surface area (Å²) in [5.41, 5.74) is 3.68. The van der Waals surface area contributed by atoms with E-state index in [1.807, 2.05) is 18.7 Å². The van der Waals surface area contributed by atoms with Gasteiger partial charge in [-0.3, -0.25) is 9.59 Å². The highest BCUT2D eigenvalue weighted by Gasteiger charge is 2.25. The number of anilines is 1. The first-order valence-corrected chi connectivity index (χ1v) is 9.84. The molecule has 1 fully saturated rings. The summed E-state index contributed by atoms with van der Waals surface area (Å²) >= 11 is 0. The van der Waals surface area contributed by atoms with E-state index in [1.54, 1.807) is 0 Å². The first-order chi connectivity index (χ1) is 12.5. The standard InChI is InChI=1S/C21H30N2O3/c1-15(2)20(24)23-10-3-4-18-14-16(5-6-19(18)23)7-11-22-12-8-17(9-13-22)21(25)26/h5-6,14-15,17H,3-4,7-13H2,1-2H3,(H,25,26). The molecule has 0 aromatic heterocycles. The fraction of sp³-hybridized carbons (Fsp3) is 0.619. The Hall–Kier alpha value is -1.88. The molecule has 1 aromatic rings. The number of likely N-dealkylation sites (tertiary alicyclic amines) is 1. The smallest absolute Gasteiger partial charge is 0.306 e. The van der Waals surface area contributed by atoms with Crippen LogP contribution in [0, 0.1) is 11.8 Å². The predicted octanol–water partition coefficient (Wildman–Crippen LogP) is 2.96. The lowest BCUT2D eigenvalue weighted by Crippen LogP contribution is -2.38. The average molecular weight is 358 g/mol. The molecular formula is C21H30N2O3. The van der Waals surface area contributed by atoms with Gasteiger partial charge in [-0.15, -0.1) is 0 Å². The quantitative estimate of drug-likeness (QED) is 0.879. The molecule has 2 aliphatic heterocycles. The van der Waals surface area contributed by atoms with Crippen molar-refractivity contribution < 1.29 is 14.7 Å². The largest absolute Gasteiger partial charge is 0.481 e. The third-order valence-corrected chi connectivity index (χ3v) is 5.68. The maximum atomic E-state index is 12.4. The zero-order valence-corrected chi connectivity index (χ0v) is 15.9. The minimum absolute atomic E-state index is 0.0226. The number of aliphatic carboxylic acids is 1. The number of carbonyl (C=O) groups excluding carboxylic acids is 1. The molecule has 0 radical (unpaired) electrons. The van der Waals surface area contributed by atoms with Crippen LogP contribution in [0.4, 0.5) is 5.69 Å². The number of carboxylic acids is 1. The fourth-order valence-corrected chi connectivity index (χ4v) is 4.04. The Morgan fingerprint density at radius 1 is 1.19 bits per heavy atom. The first-order valence-electron chi connectivity index (χ1n) is 9.84. The van der Waals surface area contributed by atoms with Crippen LogP contribution in [0.2, 0.25) is 0 Å². The second-order valence-electron chi connectivity index (χ2n) is 7.92. The molecule has 0 unspecified atom stereocenters. The minimum Gasteiger partial charge on any atom is -0.481 e. The summed E-state index contributed by atoms with van der Waals surface area (Å²) in [6.45, 7) is 7.45. The summed E-state index contributed by atoms with van der Waals surface area (Å²) in [7, 11) is 0. The second-order valence-corrected chi connectivity index (χ2v) is 7.92. The van der Waals surface area contributed by atoms with Gasteiger partial charge in [0.15, 0.2) is 0 Å². The molecule has 2 aliphatic rings. The van der Waals surface area contributed by atoms with Crippen LogP contribution in [0.3, 0.4) is 0 Å². The normalized spacial score (nSPS) is 18.8. The molecule has 26 heavy (non-hydrogen) atoms. The highest BCUT2D eigenvalue weighted by Crippen LogP contribution is 2.29. The van der Waals surface area contributed by atoms with Gasteiger partial charge < -0.3 is 14.9 Å². The summed E-state index contributed by atoms with van der Waals surface area (Å²) in [5.74, 6) is -0.589. The SMILES string of the molecule is CC(C)C(=O)N1CCCc2cc(CCN3CCC(C(=O)O)CC3)ccc21. The molecule has 0 spiro atoms. The Bertz CT molecular complexity index is 663. The van der Waals surface area contributed by atoms with Gasteiger partial charge in [-0.05, 0) is 62.4 Å². The Morgan fingerprint density at radius 2 is 1.92 bits per heavy atom. The molecule has 0 atom stereocenters. The van der Waals surface area contributed by atoms with Gasteiger partial charge >= 0.3 is 5.97 Å². The van der Waals surface area contributed by atoms with Gasteiger partial charge in [0.2, 0.25) is 5.91 Å². The number of aryl methyl sites for hydroxylation is 1. The molecule has 1 N–H and O–H groups in total. The Morgan fingerprint density at radius 3 is 2.58 bits per heavy atom. The van der Waals surface area contributed by atoms with E-state index < -0.39 is 5.97 Å². The number of amides is 1. The van der Waals surface area contributed by atoms with Crippen molar-refractivity contribution in [3.8, 4) is 0 Å². The average Bonchev–Trinajstić information content (AvgIpc) is 2.65. The molecule has 1 aromatic carbocycles. The Kier molecular flexibility index (Phi) is 5.97. The van der Waals surface area contributed by atoms with Gasteiger partial charge in [0.05, 0.1) is 5.92 Å². The maximum Gasteiger partial charge on any atom is 0.306 e. The topological polar surface area (TPSA) is 60.9 Å². The summed E-state index contributed by atoms with van der Waals surface area (Å²) in [5, 5.41) is 9.09. The number of benzene rings is 1. The van der Waals surface area contributed by atoms with E-state index in [2.05, 4.69) is 23.1 Å². The van der Waals surface area contributed by atoms with Crippen molar-refractivity contribution in [2.75, 3.05) is 31.1 Å². The highest BCUT2D eigenvalue weighted by atomic mass is 16.4. The molecule has 0 bridgehead atoms. The molecular weight excluding hydrogens is 328 g/mol. The summed E-state index contributed by atoms with van der Waals surface area (Å²) in [6.07, 6.45) is 4.55. The van der Waals surface area contributed by atoms with Crippen molar-refractivity contribution in [2.45, 2.75) is 46.0 Å². The van der Waals surface area contributed by atoms with E-state index in [4.69, 9.17) is 5.11 Å². The van der Waals surface area contributed by atoms with Crippen molar-refractivity contribution >= 4 is 17.6 Å². The molecule has 1 amide bonds. The van der Waals surface area contributed by atoms with Crippen LogP contribution in [0.1, 0.15) is 44.2 Å². The van der Waals surface area contributed by atoms with Gasteiger partial charge in [-0.2, -0.15) is 0 Å². The minimum atomic E-state index is -0.653. The molecule has 1 saturated heterocycles. The molecule has 5 heteroatoms. The Balaban J connectivity index is 1.59. The monoisotopic (exact) mass is 358 g/mol. The predicted molar refractivity (Wildman–Crippen MR) is 102 cm³/mol. The number of hydrogen-bond donors (Lipinski definition) is 1. The van der Waals surface area contributed by atoms with Crippen LogP contribution >= 0.6 is 0 Å². The Labute approximate surface area is 156 Å². The van der Waals surface area contributed by atoms with Crippen molar-refractivity contribution in [1.29, 1.82) is 0 Å². The lowest BCUT2D eigenvalue weighted by atomic mass is 9.95. The van der Waals surface area contributed by atoms with Crippen molar-refractivity contribution in [1.82, 2.24) is 4.90 Å². The van der Waals surface area contributed by atoms with E-state index in [1.165, 1.54) is 11.1 Å². The van der Waals surface area contributed by atoms with E-state index in [-0.39, 0.29) is 17.7 Å². The van der Waals surface area contributed by atoms with Gasteiger partial charge in [0.25, 0.3) is 0 Å². The van der Waals surface area contributed by atoms with Crippen molar-refractivity contribution in [2.24, 2.45) is 11.8 Å². The number of carbonyl (C=O) groups is 2. The van der Waals surface area contributed by atoms with Crippen molar-refractivity contribution in [3.63, 3.8) is 0 Å². The number of fused-ring (bicyclic) bond motifs is 1. The summed E-state index contributed by atoms with van der Waals surface area (Å²) < 4.78 is 0. The zero-order chi connectivity index (χ0) is 18.7. The highest BCUT2D eigenvalue weighted by molar-refractivity contribution is 5.95. The fourth-order valence-electron chi connectivity index (χ4n) is 4.04. The lowest BCUT2D eigenvalue weighted by molar-refractivity contribution is -0.143. The van der Waals surface area contributed by atoms with Gasteiger partial charge in [-0.25, -0.2) is 0 Å². The van der Waals surface area contributed by atoms with Crippen LogP contribution < -0.4 is 4.90 Å². The third kappa shape index (κ3) is 4.26. The number of nitrogens with zero attached hydrogens (tertiary/aromatic N) is 2. The molecule has 2 heterocycles. The van der Waals surface area contributed by atoms with Crippen LogP contribution in [-0.4, -0.2) is 48.1 Å². The van der Waals surface area contributed by atoms with E-state index in [0.717, 1.165) is 64.0 Å². The molecule has 142 valence electrons. The number of hydrogen-bond acceptors (Lipinski definition) is 3. The number of carboxylic acid groups (broad SMARTS) is 1. The maximum absolute atomic E-state index is 12.4. The van der Waals surface area contributed by atoms with Crippen LogP contribution in [0.15, 0.2) is 18.2 Å². The van der Waals surface area contributed by atoms with Crippen LogP contribution in [0.25, 0.3) is 0 Å². The van der Waals surface area contributed by atoms with Gasteiger partial charge in [-0.1, -0.05) is 26.0 Å². The lowest BCUT2D eigenvalue weighted by Gasteiger charge is -2.32. The van der Waals surface area contributed by atoms with E-state index in [9.17, 15) is 9.59 Å². The number of piperidine rings is 1. The summed E-state index contributed by atoms with van der Waals surface area (Å²) in [6, 6.07) is 6.52. The number of rotatable bonds is 5. The molecule has 5 nitrogen and oxygen atoms in total. The molecule has 0 aliphatic carbocycles. The second kappa shape index (κ2) is 8.21.